The number of carboxylic acids is 1. The van der Waals surface area contributed by atoms with Gasteiger partial charge in [-0.1, -0.05) is 6.08 Å². The molecule has 0 aromatic carbocycles. The Morgan fingerprint density at radius 1 is 1.75 bits per heavy atom. The van der Waals surface area contributed by atoms with Crippen molar-refractivity contribution in [1.82, 2.24) is 0 Å². The summed E-state index contributed by atoms with van der Waals surface area (Å²) in [5.41, 5.74) is -0.189. The summed E-state index contributed by atoms with van der Waals surface area (Å²) in [4.78, 5) is 10.4. The van der Waals surface area contributed by atoms with Crippen LogP contribution in [0.5, 0.6) is 0 Å². The lowest BCUT2D eigenvalue weighted by Gasteiger charge is -1.98. The van der Waals surface area contributed by atoms with E-state index in [0.29, 0.717) is 13.2 Å². The van der Waals surface area contributed by atoms with E-state index in [-0.39, 0.29) is 11.5 Å². The van der Waals surface area contributed by atoms with Crippen molar-refractivity contribution in [3.8, 4) is 6.07 Å². The highest BCUT2D eigenvalue weighted by molar-refractivity contribution is 5.90. The molecular formula is C8H9NO3. The van der Waals surface area contributed by atoms with Crippen LogP contribution in [-0.4, -0.2) is 24.3 Å². The van der Waals surface area contributed by atoms with Gasteiger partial charge in [0.1, 0.15) is 11.6 Å². The molecule has 12 heavy (non-hydrogen) atoms. The molecule has 0 aromatic rings. The lowest BCUT2D eigenvalue weighted by atomic mass is 10.1. The van der Waals surface area contributed by atoms with E-state index in [9.17, 15) is 4.79 Å². The molecule has 1 heterocycles. The Hall–Kier alpha value is -1.34. The van der Waals surface area contributed by atoms with Crippen molar-refractivity contribution in [3.63, 3.8) is 0 Å². The molecule has 1 N–H and O–H groups in total. The zero-order valence-corrected chi connectivity index (χ0v) is 6.49. The molecule has 0 bridgehead atoms. The van der Waals surface area contributed by atoms with Gasteiger partial charge in [0.25, 0.3) is 0 Å². The zero-order chi connectivity index (χ0) is 8.97. The highest BCUT2D eigenvalue weighted by atomic mass is 16.5. The van der Waals surface area contributed by atoms with Crippen molar-refractivity contribution in [2.75, 3.05) is 13.2 Å². The summed E-state index contributed by atoms with van der Waals surface area (Å²) < 4.78 is 5.04. The zero-order valence-electron chi connectivity index (χ0n) is 6.49. The molecule has 1 atom stereocenters. The number of nitrogens with zero attached hydrogens (tertiary/aromatic N) is 1. The first-order chi connectivity index (χ1) is 5.74. The van der Waals surface area contributed by atoms with Crippen LogP contribution in [0.3, 0.4) is 0 Å². The molecule has 1 aliphatic rings. The van der Waals surface area contributed by atoms with Crippen molar-refractivity contribution in [3.05, 3.63) is 11.6 Å². The molecule has 1 aliphatic heterocycles. The quantitative estimate of drug-likeness (QED) is 0.481. The number of carbonyl (C=O) groups is 1. The molecule has 1 saturated heterocycles. The number of hydrogen-bond donors (Lipinski definition) is 1. The van der Waals surface area contributed by atoms with Crippen molar-refractivity contribution in [2.45, 2.75) is 6.42 Å². The van der Waals surface area contributed by atoms with Gasteiger partial charge in [-0.05, 0) is 6.42 Å². The summed E-state index contributed by atoms with van der Waals surface area (Å²) >= 11 is 0. The van der Waals surface area contributed by atoms with Gasteiger partial charge in [0.15, 0.2) is 0 Å². The lowest BCUT2D eigenvalue weighted by Crippen LogP contribution is -2.03. The topological polar surface area (TPSA) is 70.3 Å². The molecular weight excluding hydrogens is 158 g/mol. The second-order valence-electron chi connectivity index (χ2n) is 2.62. The van der Waals surface area contributed by atoms with Gasteiger partial charge in [-0.15, -0.1) is 0 Å². The minimum absolute atomic E-state index is 0.0933. The molecule has 0 saturated carbocycles. The molecule has 4 heteroatoms. The Balaban J connectivity index is 2.64. The van der Waals surface area contributed by atoms with Crippen LogP contribution in [0.4, 0.5) is 0 Å². The second kappa shape index (κ2) is 3.88. The first-order valence-corrected chi connectivity index (χ1v) is 3.67. The predicted molar refractivity (Wildman–Crippen MR) is 40.3 cm³/mol. The largest absolute Gasteiger partial charge is 0.477 e. The number of ether oxygens (including phenoxy) is 1. The fraction of sp³-hybridized carbons (Fsp3) is 0.500. The van der Waals surface area contributed by atoms with Gasteiger partial charge in [0.2, 0.25) is 0 Å². The smallest absolute Gasteiger partial charge is 0.346 e. The molecule has 0 aromatic heterocycles. The van der Waals surface area contributed by atoms with Crippen LogP contribution in [0.25, 0.3) is 0 Å². The molecule has 0 spiro atoms. The SMILES string of the molecule is N#C/C(=C\C1CCOC1)C(=O)O. The lowest BCUT2D eigenvalue weighted by molar-refractivity contribution is -0.132. The Morgan fingerprint density at radius 3 is 2.92 bits per heavy atom. The van der Waals surface area contributed by atoms with Crippen LogP contribution in [0.2, 0.25) is 0 Å². The number of rotatable bonds is 2. The number of hydrogen-bond acceptors (Lipinski definition) is 3. The standard InChI is InChI=1S/C8H9NO3/c9-4-7(8(10)11)3-6-1-2-12-5-6/h3,6H,1-2,5H2,(H,10,11)/b7-3+. The maximum atomic E-state index is 10.4. The van der Waals surface area contributed by atoms with Crippen LogP contribution in [0.15, 0.2) is 11.6 Å². The maximum Gasteiger partial charge on any atom is 0.346 e. The minimum Gasteiger partial charge on any atom is -0.477 e. The van der Waals surface area contributed by atoms with Crippen LogP contribution < -0.4 is 0 Å². The Kier molecular flexibility index (Phi) is 2.83. The van der Waals surface area contributed by atoms with Gasteiger partial charge in [-0.25, -0.2) is 4.79 Å². The number of carboxylic acid groups (broad SMARTS) is 1. The third kappa shape index (κ3) is 2.07. The molecule has 0 amide bonds. The number of nitriles is 1. The van der Waals surface area contributed by atoms with Gasteiger partial charge >= 0.3 is 5.97 Å². The van der Waals surface area contributed by atoms with Crippen molar-refractivity contribution in [1.29, 1.82) is 5.26 Å². The Labute approximate surface area is 70.1 Å². The highest BCUT2D eigenvalue weighted by Gasteiger charge is 2.16. The average molecular weight is 167 g/mol. The molecule has 4 nitrogen and oxygen atoms in total. The van der Waals surface area contributed by atoms with E-state index >= 15 is 0 Å². The number of aliphatic carboxylic acids is 1. The van der Waals surface area contributed by atoms with Crippen LogP contribution in [-0.2, 0) is 9.53 Å². The van der Waals surface area contributed by atoms with Gasteiger partial charge in [-0.2, -0.15) is 5.26 Å². The van der Waals surface area contributed by atoms with Crippen LogP contribution >= 0.6 is 0 Å². The minimum atomic E-state index is -1.16. The maximum absolute atomic E-state index is 10.4. The summed E-state index contributed by atoms with van der Waals surface area (Å²) in [5, 5.41) is 16.9. The van der Waals surface area contributed by atoms with Gasteiger partial charge in [0, 0.05) is 12.5 Å². The van der Waals surface area contributed by atoms with E-state index in [1.807, 2.05) is 0 Å². The van der Waals surface area contributed by atoms with Crippen LogP contribution in [0.1, 0.15) is 6.42 Å². The molecule has 1 fully saturated rings. The highest BCUT2D eigenvalue weighted by Crippen LogP contribution is 2.15. The van der Waals surface area contributed by atoms with Crippen molar-refractivity contribution >= 4 is 5.97 Å². The van der Waals surface area contributed by atoms with Crippen molar-refractivity contribution in [2.24, 2.45) is 5.92 Å². The monoisotopic (exact) mass is 167 g/mol. The van der Waals surface area contributed by atoms with Gasteiger partial charge < -0.3 is 9.84 Å². The molecule has 0 radical (unpaired) electrons. The Morgan fingerprint density at radius 2 is 2.50 bits per heavy atom. The van der Waals surface area contributed by atoms with Crippen LogP contribution in [0, 0.1) is 17.2 Å². The first kappa shape index (κ1) is 8.75. The average Bonchev–Trinajstić information content (AvgIpc) is 2.51. The summed E-state index contributed by atoms with van der Waals surface area (Å²) in [6, 6.07) is 1.63. The molecule has 1 unspecified atom stereocenters. The van der Waals surface area contributed by atoms with Gasteiger partial charge in [-0.3, -0.25) is 0 Å². The molecule has 64 valence electrons. The van der Waals surface area contributed by atoms with E-state index in [2.05, 4.69) is 0 Å². The fourth-order valence-electron chi connectivity index (χ4n) is 1.08. The van der Waals surface area contributed by atoms with E-state index in [1.165, 1.54) is 6.08 Å². The first-order valence-electron chi connectivity index (χ1n) is 3.67. The van der Waals surface area contributed by atoms with E-state index < -0.39 is 5.97 Å². The second-order valence-corrected chi connectivity index (χ2v) is 2.62. The fourth-order valence-corrected chi connectivity index (χ4v) is 1.08. The van der Waals surface area contributed by atoms with E-state index in [4.69, 9.17) is 15.1 Å². The summed E-state index contributed by atoms with van der Waals surface area (Å²) in [6.45, 7) is 1.18. The summed E-state index contributed by atoms with van der Waals surface area (Å²) in [5.74, 6) is -1.07. The Bertz CT molecular complexity index is 246. The normalized spacial score (nSPS) is 23.6. The molecule has 0 aliphatic carbocycles. The van der Waals surface area contributed by atoms with E-state index in [0.717, 1.165) is 6.42 Å². The van der Waals surface area contributed by atoms with E-state index in [1.54, 1.807) is 6.07 Å². The van der Waals surface area contributed by atoms with Crippen molar-refractivity contribution < 1.29 is 14.6 Å². The third-order valence-corrected chi connectivity index (χ3v) is 1.72. The predicted octanol–water partition coefficient (Wildman–Crippen LogP) is 0.557. The summed E-state index contributed by atoms with van der Waals surface area (Å²) in [6.07, 6.45) is 2.27. The summed E-state index contributed by atoms with van der Waals surface area (Å²) in [7, 11) is 0. The molecule has 1 rings (SSSR count). The van der Waals surface area contributed by atoms with Gasteiger partial charge in [0.05, 0.1) is 6.61 Å². The third-order valence-electron chi connectivity index (χ3n) is 1.72.